The average Bonchev–Trinajstić information content (AvgIpc) is 3.37. The predicted molar refractivity (Wildman–Crippen MR) is 163 cm³/mol. The first kappa shape index (κ1) is 31.1. The number of methoxy groups -OCH3 is 1. The topological polar surface area (TPSA) is 115 Å². The second-order valence-electron chi connectivity index (χ2n) is 10.3. The van der Waals surface area contributed by atoms with Gasteiger partial charge >= 0.3 is 6.09 Å². The molecule has 11 nitrogen and oxygen atoms in total. The van der Waals surface area contributed by atoms with E-state index < -0.39 is 6.04 Å². The number of nitrogens with one attached hydrogen (secondary N) is 1. The lowest BCUT2D eigenvalue weighted by molar-refractivity contribution is -0.136. The van der Waals surface area contributed by atoms with Crippen molar-refractivity contribution in [3.8, 4) is 11.5 Å². The summed E-state index contributed by atoms with van der Waals surface area (Å²) in [5.74, 6) is 1.03. The Morgan fingerprint density at radius 3 is 2.49 bits per heavy atom. The molecule has 1 atom stereocenters. The minimum atomic E-state index is -0.575. The molecule has 3 amide bonds. The number of carbonyl (C=O) groups is 3. The van der Waals surface area contributed by atoms with Crippen molar-refractivity contribution in [2.45, 2.75) is 40.3 Å². The normalized spacial score (nSPS) is 14.0. The summed E-state index contributed by atoms with van der Waals surface area (Å²) in [6.45, 7) is 9.61. The fourth-order valence-corrected chi connectivity index (χ4v) is 4.73. The number of carbonyl (C=O) groups excluding carboxylic acids is 3. The van der Waals surface area contributed by atoms with Crippen molar-refractivity contribution in [3.63, 3.8) is 0 Å². The predicted octanol–water partition coefficient (Wildman–Crippen LogP) is 4.60. The number of anilines is 1. The Labute approximate surface area is 252 Å². The van der Waals surface area contributed by atoms with Crippen LogP contribution in [0.5, 0.6) is 11.5 Å². The molecule has 2 aromatic carbocycles. The SMILES string of the molecule is CCOC(=O)N1CCN(C(=O)C(C)n2cc(NC(=O)/C=C/c3ccc(OC)c(COc4cccc(C)c4)c3)c(C)n2)CC1. The van der Waals surface area contributed by atoms with Crippen molar-refractivity contribution < 1.29 is 28.6 Å². The molecular formula is C32H39N5O6. The highest BCUT2D eigenvalue weighted by Crippen LogP contribution is 2.24. The van der Waals surface area contributed by atoms with E-state index in [-0.39, 0.29) is 17.9 Å². The fraction of sp³-hybridized carbons (Fsp3) is 0.375. The Kier molecular flexibility index (Phi) is 10.4. The molecule has 11 heteroatoms. The number of aromatic nitrogens is 2. The highest BCUT2D eigenvalue weighted by atomic mass is 16.6. The number of hydrogen-bond acceptors (Lipinski definition) is 7. The maximum absolute atomic E-state index is 13.1. The van der Waals surface area contributed by atoms with Gasteiger partial charge in [-0.25, -0.2) is 4.79 Å². The largest absolute Gasteiger partial charge is 0.496 e. The van der Waals surface area contributed by atoms with Crippen molar-refractivity contribution in [2.24, 2.45) is 0 Å². The van der Waals surface area contributed by atoms with Gasteiger partial charge in [0.25, 0.3) is 0 Å². The highest BCUT2D eigenvalue weighted by molar-refractivity contribution is 6.02. The van der Waals surface area contributed by atoms with Gasteiger partial charge in [-0.3, -0.25) is 14.3 Å². The number of benzene rings is 2. The van der Waals surface area contributed by atoms with E-state index in [2.05, 4.69) is 10.4 Å². The van der Waals surface area contributed by atoms with Crippen LogP contribution in [0.3, 0.4) is 0 Å². The first-order valence-corrected chi connectivity index (χ1v) is 14.3. The number of rotatable bonds is 10. The van der Waals surface area contributed by atoms with Gasteiger partial charge in [0, 0.05) is 44.0 Å². The van der Waals surface area contributed by atoms with E-state index in [9.17, 15) is 14.4 Å². The maximum atomic E-state index is 13.1. The zero-order valence-electron chi connectivity index (χ0n) is 25.3. The van der Waals surface area contributed by atoms with Crippen LogP contribution in [0.25, 0.3) is 6.08 Å². The van der Waals surface area contributed by atoms with Crippen molar-refractivity contribution in [2.75, 3.05) is 45.2 Å². The third-order valence-electron chi connectivity index (χ3n) is 7.16. The van der Waals surface area contributed by atoms with Crippen LogP contribution in [0.2, 0.25) is 0 Å². The maximum Gasteiger partial charge on any atom is 0.409 e. The molecule has 1 saturated heterocycles. The van der Waals surface area contributed by atoms with E-state index >= 15 is 0 Å². The standard InChI is InChI=1S/C32H39N5O6/c1-6-42-32(40)36-16-14-35(15-17-36)31(39)24(4)37-20-28(23(3)34-37)33-30(38)13-11-25-10-12-29(41-5)26(19-25)21-43-27-9-7-8-22(2)18-27/h7-13,18-20,24H,6,14-17,21H2,1-5H3,(H,33,38)/b13-11+. The van der Waals surface area contributed by atoms with Crippen molar-refractivity contribution in [3.05, 3.63) is 77.1 Å². The molecule has 4 rings (SSSR count). The summed E-state index contributed by atoms with van der Waals surface area (Å²) in [5.41, 5.74) is 3.88. The van der Waals surface area contributed by atoms with Crippen LogP contribution in [0.1, 0.15) is 42.3 Å². The molecule has 1 aliphatic rings. The van der Waals surface area contributed by atoms with E-state index in [4.69, 9.17) is 14.2 Å². The summed E-state index contributed by atoms with van der Waals surface area (Å²) in [5, 5.41) is 7.32. The second-order valence-corrected chi connectivity index (χ2v) is 10.3. The number of hydrogen-bond donors (Lipinski definition) is 1. The van der Waals surface area contributed by atoms with E-state index in [0.717, 1.165) is 22.4 Å². The van der Waals surface area contributed by atoms with Crippen LogP contribution in [0.4, 0.5) is 10.5 Å². The molecule has 3 aromatic rings. The smallest absolute Gasteiger partial charge is 0.409 e. The molecule has 0 spiro atoms. The van der Waals surface area contributed by atoms with Gasteiger partial charge in [0.15, 0.2) is 0 Å². The number of nitrogens with zero attached hydrogens (tertiary/aromatic N) is 4. The molecule has 43 heavy (non-hydrogen) atoms. The third-order valence-corrected chi connectivity index (χ3v) is 7.16. The molecule has 1 N–H and O–H groups in total. The Balaban J connectivity index is 1.34. The quantitative estimate of drug-likeness (QED) is 0.344. The lowest BCUT2D eigenvalue weighted by atomic mass is 10.1. The molecule has 1 fully saturated rings. The number of aryl methyl sites for hydroxylation is 2. The van der Waals surface area contributed by atoms with Gasteiger partial charge in [0.2, 0.25) is 11.8 Å². The molecule has 0 saturated carbocycles. The van der Waals surface area contributed by atoms with Gasteiger partial charge in [-0.15, -0.1) is 0 Å². The van der Waals surface area contributed by atoms with Crippen LogP contribution >= 0.6 is 0 Å². The minimum absolute atomic E-state index is 0.106. The Morgan fingerprint density at radius 1 is 1.05 bits per heavy atom. The van der Waals surface area contributed by atoms with Gasteiger partial charge in [-0.1, -0.05) is 18.2 Å². The summed E-state index contributed by atoms with van der Waals surface area (Å²) in [4.78, 5) is 41.2. The lowest BCUT2D eigenvalue weighted by Crippen LogP contribution is -2.52. The molecule has 0 radical (unpaired) electrons. The van der Waals surface area contributed by atoms with Crippen LogP contribution in [-0.2, 0) is 20.9 Å². The molecule has 1 aromatic heterocycles. The molecule has 0 bridgehead atoms. The monoisotopic (exact) mass is 589 g/mol. The number of ether oxygens (including phenoxy) is 3. The summed E-state index contributed by atoms with van der Waals surface area (Å²) >= 11 is 0. The first-order chi connectivity index (χ1) is 20.7. The zero-order chi connectivity index (χ0) is 30.9. The van der Waals surface area contributed by atoms with Gasteiger partial charge in [-0.05, 0) is 69.2 Å². The van der Waals surface area contributed by atoms with Gasteiger partial charge < -0.3 is 29.3 Å². The Bertz CT molecular complexity index is 1470. The lowest BCUT2D eigenvalue weighted by Gasteiger charge is -2.35. The van der Waals surface area contributed by atoms with Gasteiger partial charge in [0.05, 0.1) is 25.1 Å². The Morgan fingerprint density at radius 2 is 1.79 bits per heavy atom. The summed E-state index contributed by atoms with van der Waals surface area (Å²) < 4.78 is 18.0. The second kappa shape index (κ2) is 14.4. The van der Waals surface area contributed by atoms with Crippen molar-refractivity contribution in [1.82, 2.24) is 19.6 Å². The van der Waals surface area contributed by atoms with Crippen LogP contribution in [0.15, 0.2) is 54.7 Å². The number of piperazine rings is 1. The van der Waals surface area contributed by atoms with E-state index in [1.54, 1.807) is 54.6 Å². The first-order valence-electron chi connectivity index (χ1n) is 14.3. The van der Waals surface area contributed by atoms with Crippen LogP contribution in [0, 0.1) is 13.8 Å². The highest BCUT2D eigenvalue weighted by Gasteiger charge is 2.29. The van der Waals surface area contributed by atoms with E-state index in [1.165, 1.54) is 6.08 Å². The molecule has 228 valence electrons. The third kappa shape index (κ3) is 8.15. The molecular weight excluding hydrogens is 550 g/mol. The van der Waals surface area contributed by atoms with Crippen molar-refractivity contribution in [1.29, 1.82) is 0 Å². The van der Waals surface area contributed by atoms with Gasteiger partial charge in [-0.2, -0.15) is 5.10 Å². The number of amides is 3. The molecule has 1 unspecified atom stereocenters. The van der Waals surface area contributed by atoms with Gasteiger partial charge in [0.1, 0.15) is 24.1 Å². The summed E-state index contributed by atoms with van der Waals surface area (Å²) in [6.07, 6.45) is 4.46. The zero-order valence-corrected chi connectivity index (χ0v) is 25.3. The molecule has 1 aliphatic heterocycles. The summed E-state index contributed by atoms with van der Waals surface area (Å²) in [6, 6.07) is 12.9. The summed E-state index contributed by atoms with van der Waals surface area (Å²) in [7, 11) is 1.61. The molecule has 0 aliphatic carbocycles. The van der Waals surface area contributed by atoms with Crippen molar-refractivity contribution >= 4 is 29.7 Å². The fourth-order valence-electron chi connectivity index (χ4n) is 4.73. The van der Waals surface area contributed by atoms with E-state index in [0.29, 0.717) is 56.5 Å². The van der Waals surface area contributed by atoms with E-state index in [1.807, 2.05) is 49.4 Å². The average molecular weight is 590 g/mol. The molecule has 2 heterocycles. The van der Waals surface area contributed by atoms with Crippen LogP contribution < -0.4 is 14.8 Å². The van der Waals surface area contributed by atoms with Crippen LogP contribution in [-0.4, -0.2) is 77.4 Å². The Hall–Kier alpha value is -4.80. The minimum Gasteiger partial charge on any atom is -0.496 e.